The number of ether oxygens (including phenoxy) is 4. The van der Waals surface area contributed by atoms with Crippen molar-refractivity contribution in [3.8, 4) is 0 Å². The maximum absolute atomic E-state index is 9.99. The third-order valence-corrected chi connectivity index (χ3v) is 21.1. The fraction of sp³-hybridized carbons (Fsp3) is 1.00. The van der Waals surface area contributed by atoms with Gasteiger partial charge in [-0.1, -0.05) is 149 Å². The van der Waals surface area contributed by atoms with Crippen LogP contribution < -0.4 is 11.1 Å². The van der Waals surface area contributed by atoms with Crippen LogP contribution in [0.3, 0.4) is 0 Å². The van der Waals surface area contributed by atoms with Crippen molar-refractivity contribution in [3.63, 3.8) is 0 Å². The zero-order valence-electron chi connectivity index (χ0n) is 64.1. The van der Waals surface area contributed by atoms with E-state index < -0.39 is 141 Å². The molecule has 4 aliphatic heterocycles. The first-order valence-electron chi connectivity index (χ1n) is 31.5. The molecule has 4 rings (SSSR count). The average Bonchev–Trinajstić information content (AvgIpc) is 0.841. The molecule has 0 amide bonds. The van der Waals surface area contributed by atoms with E-state index in [9.17, 15) is 46.0 Å². The van der Waals surface area contributed by atoms with E-state index >= 15 is 0 Å². The number of nitrogens with one attached hydrogen (secondary N) is 1. The second-order valence-corrected chi connectivity index (χ2v) is 26.7. The molecule has 12 unspecified atom stereocenters. The molecule has 0 aliphatic carbocycles. The number of aliphatic hydroxyl groups is 16. The van der Waals surface area contributed by atoms with E-state index in [1.165, 1.54) is 24.6 Å². The quantitative estimate of drug-likeness (QED) is 0.0469. The maximum atomic E-state index is 9.99. The first-order chi connectivity index (χ1) is 40.1. The van der Waals surface area contributed by atoms with Crippen molar-refractivity contribution in [3.05, 3.63) is 0 Å². The molecule has 0 aromatic carbocycles. The average molecular weight is 4910 g/mol. The van der Waals surface area contributed by atoms with Gasteiger partial charge >= 0.3 is 0 Å². The van der Waals surface area contributed by atoms with Crippen molar-refractivity contribution < 1.29 is 806 Å². The van der Waals surface area contributed by atoms with Crippen LogP contribution in [0.1, 0.15) is 136 Å². The van der Waals surface area contributed by atoms with Gasteiger partial charge in [0.1, 0.15) is 121 Å². The molecule has 0 aromatic heterocycles. The number of thioether (sulfide) groups is 1. The third-order valence-electron chi connectivity index (χ3n) is 19.2. The van der Waals surface area contributed by atoms with Crippen LogP contribution in [0.15, 0.2) is 0 Å². The Balaban J connectivity index is -0.0000000515. The normalized spacial score (nSPS) is 31.2. The standard InChI is InChI=1S/C15H31NO5.C15H30O5S.2C9H19B.C6H13NO5.C6H12O5S.16Ac/c1-5-8(2)10(4)9(3)6-16-15-14(20)13(19)12(18)11(7-17)21-15;1-5-8(2)10(4)9(3)7-21-15-14(19)13(18)12(17)11(6-16)20-15;2*1-5-7(2)9(4)8(3)6-10;7-6-5(11)4(10)3(9)2(1-8)12-6;7-1-2-3(8)4(9)5(10)6(12)11-2;;;;;;;;;;;;;;;;/h8-20H,5-7H2,1-4H3;8-19H,5-7H2,1-4H3;2*7-9H,5-6H2,1-4H3;2-6,8-11H,1,7H2;2-10,12H,1H2;;;;;;;;;;;;;;;;/t8-,9+,10-,11?,12+,13?,14?,15+;8-,9+,10-,11?,12+,13?,14?,15-;2*7-,8+,9-;2?,3-,4?,5?,6-;2?,3-,4?,5?,6+;;;;;;;;;;;;;;;;/m111100................/s1. The largest absolute Gasteiger partial charge is 0.394 e. The van der Waals surface area contributed by atoms with E-state index in [4.69, 9.17) is 76.1 Å². The molecular formula is C60H124Ac16B2N2O20S2. The molecule has 0 bridgehead atoms. The summed E-state index contributed by atoms with van der Waals surface area (Å²) in [6, 6.07) is 0. The van der Waals surface area contributed by atoms with Crippen LogP contribution in [0.2, 0.25) is 12.6 Å². The van der Waals surface area contributed by atoms with Gasteiger partial charge in [0.05, 0.1) is 42.1 Å². The molecule has 0 spiro atoms. The summed E-state index contributed by atoms with van der Waals surface area (Å²) in [4.78, 5) is 0. The SMILES string of the molecule is CC[C@@H](C)[C@@H](C)[C@@H](C)CN[C@H]1OC(CO)[C@H](O)C(O)C1O.CC[C@@H](C)[C@@H](C)[C@@H](C)CS[C@H]1OC(CO)[C@H](O)C(O)C1O.N[C@H]1OC(CO)[C@H](O)C(O)C1O.OCC1O[C@H](S)C(O)C(O)[C@H]1O.[Ac].[Ac].[Ac].[Ac].[Ac].[Ac].[Ac].[Ac].[Ac].[Ac].[Ac].[Ac].[Ac].[Ac].[Ac].[Ac].[B]C[C@H](C)[C@H](C)[C@H](C)CC.[B]C[C@H](C)[C@H](C)[C@H](C)CC. The minimum atomic E-state index is -1.37. The Bertz CT molecular complexity index is 1580. The van der Waals surface area contributed by atoms with Crippen molar-refractivity contribution in [1.82, 2.24) is 5.32 Å². The van der Waals surface area contributed by atoms with E-state index in [0.29, 0.717) is 53.9 Å². The van der Waals surface area contributed by atoms with Crippen LogP contribution in [0, 0.1) is 776 Å². The molecule has 0 aromatic rings. The fourth-order valence-corrected chi connectivity index (χ4v) is 11.4. The molecule has 20 radical (unpaired) electrons. The van der Waals surface area contributed by atoms with Crippen LogP contribution in [0.4, 0.5) is 0 Å². The molecule has 42 heteroatoms. The second-order valence-electron chi connectivity index (χ2n) is 25.1. The fourth-order valence-electron chi connectivity index (χ4n) is 9.73. The van der Waals surface area contributed by atoms with Crippen LogP contribution in [0.5, 0.6) is 0 Å². The minimum Gasteiger partial charge on any atom is -0.394 e. The molecule has 102 heavy (non-hydrogen) atoms. The van der Waals surface area contributed by atoms with Crippen LogP contribution in [-0.2, 0) is 18.9 Å². The number of hydrogen-bond donors (Lipinski definition) is 19. The first kappa shape index (κ1) is 168. The number of rotatable bonds is 24. The van der Waals surface area contributed by atoms with Crippen LogP contribution >= 0.6 is 24.4 Å². The molecule has 32 atom stereocenters. The molecule has 4 saturated heterocycles. The summed E-state index contributed by atoms with van der Waals surface area (Å²) in [6.07, 6.45) is -14.3. The Hall–Kier alpha value is 23.0. The van der Waals surface area contributed by atoms with Crippen LogP contribution in [-0.4, -0.2) is 257 Å². The first-order valence-corrected chi connectivity index (χ1v) is 33.0. The predicted octanol–water partition coefficient (Wildman–Crippen LogP) is 0.776. The Morgan fingerprint density at radius 2 is 0.608 bits per heavy atom. The van der Waals surface area contributed by atoms with Gasteiger partial charge in [0.2, 0.25) is 0 Å². The van der Waals surface area contributed by atoms with Crippen molar-refractivity contribution in [2.24, 2.45) is 76.7 Å². The monoisotopic (exact) mass is 4910 g/mol. The summed E-state index contributed by atoms with van der Waals surface area (Å²) in [5.74, 6) is 8.50. The van der Waals surface area contributed by atoms with Gasteiger partial charge in [0.15, 0.2) is 0 Å². The second kappa shape index (κ2) is 100.0. The Morgan fingerprint density at radius 3 is 0.922 bits per heavy atom. The van der Waals surface area contributed by atoms with Crippen LogP contribution in [0.25, 0.3) is 0 Å². The summed E-state index contributed by atoms with van der Waals surface area (Å²) in [5.41, 5.74) is 3.75. The summed E-state index contributed by atoms with van der Waals surface area (Å²) in [7, 11) is 11.1. The van der Waals surface area contributed by atoms with Gasteiger partial charge in [-0.15, -0.1) is 24.4 Å². The molecule has 4 fully saturated rings. The molecule has 4 heterocycles. The number of hydrogen-bond acceptors (Lipinski definition) is 24. The van der Waals surface area contributed by atoms with E-state index in [2.05, 4.69) is 129 Å². The van der Waals surface area contributed by atoms with Gasteiger partial charge in [-0.3, -0.25) is 5.32 Å². The van der Waals surface area contributed by atoms with Crippen molar-refractivity contribution in [2.75, 3.05) is 38.7 Å². The Morgan fingerprint density at radius 1 is 0.343 bits per heavy atom. The number of thiol groups is 1. The van der Waals surface area contributed by atoms with Crippen molar-refractivity contribution in [2.45, 2.75) is 270 Å². The van der Waals surface area contributed by atoms with E-state index in [0.717, 1.165) is 54.9 Å². The summed E-state index contributed by atoms with van der Waals surface area (Å²) in [5, 5.41) is 153. The van der Waals surface area contributed by atoms with E-state index in [1.807, 2.05) is 0 Å². The smallest absolute Gasteiger partial charge is 0.137 e. The molecule has 4 aliphatic rings. The Kier molecular flexibility index (Phi) is 165. The topological polar surface area (TPSA) is 399 Å². The maximum Gasteiger partial charge on any atom is 0.137 e. The number of aliphatic hydroxyl groups excluding tert-OH is 16. The zero-order chi connectivity index (χ0) is 67.2. The predicted molar refractivity (Wildman–Crippen MR) is 341 cm³/mol. The van der Waals surface area contributed by atoms with Gasteiger partial charge in [0.25, 0.3) is 0 Å². The summed E-state index contributed by atoms with van der Waals surface area (Å²) in [6.45, 7) is 34.7. The zero-order valence-corrected chi connectivity index (χ0v) is 142. The van der Waals surface area contributed by atoms with Crippen molar-refractivity contribution >= 4 is 40.1 Å². The molecule has 19 N–H and O–H groups in total. The van der Waals surface area contributed by atoms with Gasteiger partial charge in [-0.05, 0) is 76.8 Å². The minimum absolute atomic E-state index is 0. The van der Waals surface area contributed by atoms with Gasteiger partial charge in [-0.25, -0.2) is 0 Å². The van der Waals surface area contributed by atoms with Crippen molar-refractivity contribution in [1.29, 1.82) is 0 Å². The molecule has 0 saturated carbocycles. The Labute approximate surface area is 1200 Å². The molecular weight excluding hydrogens is 4790 g/mol. The van der Waals surface area contributed by atoms with Gasteiger partial charge < -0.3 is 106 Å². The summed E-state index contributed by atoms with van der Waals surface area (Å²) >= 11 is 5.26. The van der Waals surface area contributed by atoms with E-state index in [1.54, 1.807) is 0 Å². The van der Waals surface area contributed by atoms with Gasteiger partial charge in [0, 0.05) is 712 Å². The number of nitrogens with two attached hydrogens (primary N) is 1. The van der Waals surface area contributed by atoms with E-state index in [-0.39, 0.29) is 712 Å². The molecule has 560 valence electrons. The summed E-state index contributed by atoms with van der Waals surface area (Å²) < 4.78 is 20.6. The third kappa shape index (κ3) is 67.3. The van der Waals surface area contributed by atoms with Gasteiger partial charge in [-0.2, -0.15) is 0 Å². The molecule has 22 nitrogen and oxygen atoms in total.